The summed E-state index contributed by atoms with van der Waals surface area (Å²) >= 11 is 23.2. The molecule has 0 bridgehead atoms. The van der Waals surface area contributed by atoms with Crippen LogP contribution in [0, 0.1) is 47.4 Å². The molecule has 4 amide bonds. The molecule has 1 unspecified atom stereocenters. The number of hydrogen-bond donors (Lipinski definition) is 12. The van der Waals surface area contributed by atoms with E-state index in [9.17, 15) is 54.3 Å². The van der Waals surface area contributed by atoms with E-state index < -0.39 is 41.7 Å². The van der Waals surface area contributed by atoms with Gasteiger partial charge < -0.3 is 78.7 Å². The van der Waals surface area contributed by atoms with Crippen molar-refractivity contribution >= 4 is 107 Å². The van der Waals surface area contributed by atoms with Crippen molar-refractivity contribution in [2.24, 2.45) is 20.4 Å². The molecule has 114 heavy (non-hydrogen) atoms. The van der Waals surface area contributed by atoms with Crippen LogP contribution in [0.15, 0.2) is 142 Å². The third kappa shape index (κ3) is 28.6. The number of aliphatic hydroxyl groups is 2. The van der Waals surface area contributed by atoms with Gasteiger partial charge in [-0.15, -0.1) is 0 Å². The van der Waals surface area contributed by atoms with E-state index in [-0.39, 0.29) is 96.1 Å². The summed E-state index contributed by atoms with van der Waals surface area (Å²) in [7, 11) is 11.7. The van der Waals surface area contributed by atoms with Crippen LogP contribution in [0.3, 0.4) is 0 Å². The van der Waals surface area contributed by atoms with Gasteiger partial charge in [-0.1, -0.05) is 87.8 Å². The van der Waals surface area contributed by atoms with Gasteiger partial charge in [0, 0.05) is 41.0 Å². The van der Waals surface area contributed by atoms with Crippen molar-refractivity contribution in [2.75, 3.05) is 63.5 Å². The van der Waals surface area contributed by atoms with Crippen molar-refractivity contribution in [2.45, 2.75) is 32.3 Å². The first-order chi connectivity index (χ1) is 54.5. The fourth-order valence-electron chi connectivity index (χ4n) is 8.97. The van der Waals surface area contributed by atoms with Crippen molar-refractivity contribution < 1.29 is 108 Å². The number of methoxy groups -OCH3 is 8. The minimum absolute atomic E-state index is 0.0400. The van der Waals surface area contributed by atoms with Crippen LogP contribution in [-0.2, 0) is 9.59 Å². The van der Waals surface area contributed by atoms with Gasteiger partial charge in [0.15, 0.2) is 46.0 Å². The standard InChI is InChI=1S/C21H19ClN2O6.2C20H19ClN2O5.C19H15ClN2O6/c1-29-18-10-13(9-14(20(18)30-2)5-3-4-6-19(26)27)12-23-24-21(28)15-7-8-17(25)16(22)11-15;1-12(24)4-5-14-8-13(9-18(27-2)19(14)28-3)11-22-23-20(26)15-6-7-17(25)16(21)10-15;1-27-18-10-13(9-14(19(18)28-2)5-3-4-8-24)12-22-23-20(26)15-6-7-17(25)16(21)11-15;1-27-16-8-11(7-12(18(16)28-2)4-6-17(24)25)10-21-22-19(26)13-3-5-15(23)14(20)9-13/h7-12,25H,4,6H2,1-2H3,(H,24,28)(H,26,27);6-12,24-25H,1-3H3,(H,23,26);6-7,9-12,24-25H,4,8H2,1-2H3,(H,23,26);3,5,7-10,23H,1-2H3,(H,22,26)(H,24,25)/b23-12+;22-11+;22-12+;21-10+. The highest BCUT2D eigenvalue weighted by atomic mass is 35.5. The Labute approximate surface area is 673 Å². The van der Waals surface area contributed by atoms with Gasteiger partial charge in [0.2, 0.25) is 0 Å². The molecule has 8 rings (SSSR count). The van der Waals surface area contributed by atoms with E-state index in [4.69, 9.17) is 99.6 Å². The molecule has 0 saturated carbocycles. The Kier molecular flexibility index (Phi) is 37.1. The number of benzene rings is 8. The number of hydrogen-bond acceptors (Lipinski definition) is 24. The number of rotatable bonds is 23. The number of nitrogens with one attached hydrogen (secondary N) is 4. The number of aliphatic hydroxyl groups excluding tert-OH is 2. The maximum absolute atomic E-state index is 12.1. The van der Waals surface area contributed by atoms with Crippen LogP contribution in [0.1, 0.15) is 112 Å². The van der Waals surface area contributed by atoms with E-state index in [0.717, 1.165) is 0 Å². The minimum Gasteiger partial charge on any atom is -0.506 e. The van der Waals surface area contributed by atoms with Crippen molar-refractivity contribution in [3.8, 4) is 116 Å². The summed E-state index contributed by atoms with van der Waals surface area (Å²) in [5.41, 5.74) is 14.5. The largest absolute Gasteiger partial charge is 0.506 e. The topological polar surface area (TPSA) is 436 Å². The molecule has 12 N–H and O–H groups in total. The molecule has 0 fully saturated rings. The maximum atomic E-state index is 12.1. The monoisotopic (exact) mass is 1640 g/mol. The summed E-state index contributed by atoms with van der Waals surface area (Å²) in [6, 6.07) is 29.4. The Bertz CT molecular complexity index is 5240. The molecule has 0 saturated heterocycles. The van der Waals surface area contributed by atoms with Gasteiger partial charge in [0.25, 0.3) is 23.6 Å². The molecule has 0 aliphatic heterocycles. The average Bonchev–Trinajstić information content (AvgIpc) is 0.832. The van der Waals surface area contributed by atoms with Crippen LogP contribution in [0.2, 0.25) is 20.1 Å². The number of amides is 4. The highest BCUT2D eigenvalue weighted by Crippen LogP contribution is 2.36. The van der Waals surface area contributed by atoms with Crippen LogP contribution >= 0.6 is 46.4 Å². The minimum atomic E-state index is -1.29. The van der Waals surface area contributed by atoms with Crippen LogP contribution in [0.4, 0.5) is 0 Å². The molecule has 34 heteroatoms. The lowest BCUT2D eigenvalue weighted by atomic mass is 10.1. The summed E-state index contributed by atoms with van der Waals surface area (Å²) < 4.78 is 42.3. The second kappa shape index (κ2) is 46.6. The fourth-order valence-corrected chi connectivity index (χ4v) is 9.69. The first-order valence-electron chi connectivity index (χ1n) is 32.6. The van der Waals surface area contributed by atoms with E-state index in [1.165, 1.54) is 161 Å². The highest BCUT2D eigenvalue weighted by molar-refractivity contribution is 6.33. The number of halogens is 4. The quantitative estimate of drug-likeness (QED) is 0.0161. The fraction of sp³-hybridized carbons (Fsp3) is 0.175. The average molecular weight is 1640 g/mol. The third-order valence-corrected chi connectivity index (χ3v) is 15.4. The first kappa shape index (κ1) is 90.8. The van der Waals surface area contributed by atoms with E-state index in [2.05, 4.69) is 83.6 Å². The number of carboxylic acids is 2. The predicted molar refractivity (Wildman–Crippen MR) is 426 cm³/mol. The molecule has 1 atom stereocenters. The van der Waals surface area contributed by atoms with Crippen molar-refractivity contribution in [3.05, 3.63) is 208 Å². The summed E-state index contributed by atoms with van der Waals surface area (Å²) in [6.07, 6.45) is 5.21. The van der Waals surface area contributed by atoms with Gasteiger partial charge in [-0.05, 0) is 151 Å². The van der Waals surface area contributed by atoms with Gasteiger partial charge in [-0.3, -0.25) is 24.0 Å². The lowest BCUT2D eigenvalue weighted by Crippen LogP contribution is -2.17. The summed E-state index contributed by atoms with van der Waals surface area (Å²) in [6.45, 7) is 1.51. The lowest BCUT2D eigenvalue weighted by Gasteiger charge is -2.10. The number of aromatic hydroxyl groups is 4. The van der Waals surface area contributed by atoms with E-state index >= 15 is 0 Å². The number of ether oxygens (including phenoxy) is 8. The summed E-state index contributed by atoms with van der Waals surface area (Å²) in [5, 5.41) is 89.1. The number of phenols is 4. The van der Waals surface area contributed by atoms with Crippen molar-refractivity contribution in [3.63, 3.8) is 0 Å². The molecular formula is C80H72Cl4N8O22. The van der Waals surface area contributed by atoms with Gasteiger partial charge >= 0.3 is 11.9 Å². The number of carboxylic acid groups (broad SMARTS) is 2. The zero-order valence-electron chi connectivity index (χ0n) is 61.9. The molecule has 8 aromatic rings. The van der Waals surface area contributed by atoms with Crippen molar-refractivity contribution in [1.82, 2.24) is 21.7 Å². The molecule has 0 radical (unpaired) electrons. The van der Waals surface area contributed by atoms with Gasteiger partial charge in [0.1, 0.15) is 29.1 Å². The van der Waals surface area contributed by atoms with Gasteiger partial charge in [-0.25, -0.2) is 26.5 Å². The molecular weight excluding hydrogens is 1570 g/mol. The molecule has 0 spiro atoms. The summed E-state index contributed by atoms with van der Waals surface area (Å²) in [4.78, 5) is 69.7. The molecule has 0 heterocycles. The van der Waals surface area contributed by atoms with Crippen LogP contribution < -0.4 is 59.6 Å². The van der Waals surface area contributed by atoms with E-state index in [1.54, 1.807) is 49.4 Å². The number of hydrazone groups is 4. The number of carbonyl (C=O) groups is 6. The zero-order chi connectivity index (χ0) is 84.0. The first-order valence-corrected chi connectivity index (χ1v) is 34.1. The normalized spacial score (nSPS) is 10.5. The molecule has 30 nitrogen and oxygen atoms in total. The molecule has 0 aromatic heterocycles. The second-order valence-corrected chi connectivity index (χ2v) is 23.8. The van der Waals surface area contributed by atoms with Crippen LogP contribution in [0.25, 0.3) is 0 Å². The molecule has 0 aliphatic carbocycles. The van der Waals surface area contributed by atoms with Gasteiger partial charge in [-0.2, -0.15) is 20.4 Å². The molecule has 0 aliphatic rings. The smallest absolute Gasteiger partial charge is 0.382 e. The molecule has 8 aromatic carbocycles. The third-order valence-electron chi connectivity index (χ3n) is 14.2. The Balaban J connectivity index is 0.000000272. The Morgan fingerprint density at radius 1 is 0.404 bits per heavy atom. The zero-order valence-corrected chi connectivity index (χ0v) is 64.9. The highest BCUT2D eigenvalue weighted by Gasteiger charge is 2.18. The van der Waals surface area contributed by atoms with Crippen molar-refractivity contribution in [1.29, 1.82) is 0 Å². The summed E-state index contributed by atoms with van der Waals surface area (Å²) in [5.74, 6) is 19.8. The molecule has 592 valence electrons. The number of aliphatic carboxylic acids is 2. The Morgan fingerprint density at radius 2 is 0.675 bits per heavy atom. The predicted octanol–water partition coefficient (Wildman–Crippen LogP) is 10.4. The van der Waals surface area contributed by atoms with Crippen LogP contribution in [0.5, 0.6) is 69.0 Å². The Hall–Kier alpha value is -13.8. The number of phenolic OH excluding ortho intramolecular Hbond substituents is 4. The van der Waals surface area contributed by atoms with E-state index in [0.29, 0.717) is 85.6 Å². The van der Waals surface area contributed by atoms with Crippen LogP contribution in [-0.4, -0.2) is 171 Å². The van der Waals surface area contributed by atoms with Gasteiger partial charge in [0.05, 0.1) is 137 Å². The van der Waals surface area contributed by atoms with E-state index in [1.807, 2.05) is 5.92 Å². The maximum Gasteiger partial charge on any atom is 0.382 e. The SMILES string of the molecule is COc1cc(/C=N/NC(=O)c2ccc(O)c(Cl)c2)cc(C#CC(=O)O)c1OC.COc1cc(/C=N/NC(=O)c2ccc(O)c(Cl)c2)cc(C#CC(C)O)c1OC.COc1cc(/C=N/NC(=O)c2ccc(O)c(Cl)c2)cc(C#CCCC(=O)O)c1OC.COc1cc(/C=N/NC(=O)c2ccc(O)c(Cl)c2)cc(C#CCCO)c1OC. The number of nitrogens with zero attached hydrogens (tertiary/aromatic N) is 4. The lowest BCUT2D eigenvalue weighted by molar-refractivity contribution is -0.137. The number of carbonyl (C=O) groups excluding carboxylic acids is 4. The second-order valence-electron chi connectivity index (χ2n) is 22.1. The Morgan fingerprint density at radius 3 is 0.912 bits per heavy atom.